The van der Waals surface area contributed by atoms with E-state index < -0.39 is 29.1 Å². The largest absolute Gasteiger partial charge is 0.456 e. The Kier molecular flexibility index (Phi) is 7.56. The lowest BCUT2D eigenvalue weighted by atomic mass is 10.1. The van der Waals surface area contributed by atoms with Gasteiger partial charge in [-0.1, -0.05) is 12.1 Å². The van der Waals surface area contributed by atoms with Crippen molar-refractivity contribution in [1.29, 1.82) is 0 Å². The van der Waals surface area contributed by atoms with Gasteiger partial charge in [-0.25, -0.2) is 8.42 Å². The highest BCUT2D eigenvalue weighted by Crippen LogP contribution is 2.21. The molecule has 2 rings (SSSR count). The second kappa shape index (κ2) is 9.57. The fourth-order valence-electron chi connectivity index (χ4n) is 3.43. The van der Waals surface area contributed by atoms with Gasteiger partial charge in [-0.05, 0) is 52.8 Å². The minimum atomic E-state index is -3.95. The first-order valence-electron chi connectivity index (χ1n) is 9.80. The molecule has 0 saturated carbocycles. The highest BCUT2D eigenvalue weighted by molar-refractivity contribution is 7.89. The number of ketones is 2. The van der Waals surface area contributed by atoms with Crippen molar-refractivity contribution in [3.05, 3.63) is 52.8 Å². The van der Waals surface area contributed by atoms with Crippen LogP contribution in [0.5, 0.6) is 0 Å². The van der Waals surface area contributed by atoms with Crippen LogP contribution in [0.3, 0.4) is 0 Å². The summed E-state index contributed by atoms with van der Waals surface area (Å²) in [6.45, 7) is 8.12. The monoisotopic (exact) mass is 448 g/mol. The third-order valence-corrected chi connectivity index (χ3v) is 6.80. The van der Waals surface area contributed by atoms with Crippen LogP contribution in [-0.4, -0.2) is 55.0 Å². The first-order chi connectivity index (χ1) is 14.4. The Morgan fingerprint density at radius 3 is 2.16 bits per heavy atom. The van der Waals surface area contributed by atoms with Crippen LogP contribution in [0.25, 0.3) is 0 Å². The first kappa shape index (κ1) is 24.5. The number of sulfonamides is 1. The van der Waals surface area contributed by atoms with Crippen molar-refractivity contribution in [1.82, 2.24) is 8.87 Å². The molecule has 0 saturated heterocycles. The minimum absolute atomic E-state index is 0.0509. The average molecular weight is 449 g/mol. The number of ether oxygens (including phenoxy) is 1. The van der Waals surface area contributed by atoms with Crippen molar-refractivity contribution in [2.24, 2.45) is 0 Å². The summed E-state index contributed by atoms with van der Waals surface area (Å²) in [5.41, 5.74) is 2.59. The van der Waals surface area contributed by atoms with Crippen LogP contribution >= 0.6 is 0 Å². The Morgan fingerprint density at radius 1 is 1.10 bits per heavy atom. The number of hydrogen-bond donors (Lipinski definition) is 0. The molecular weight excluding hydrogens is 420 g/mol. The molecule has 0 aliphatic heterocycles. The summed E-state index contributed by atoms with van der Waals surface area (Å²) in [4.78, 5) is 35.9. The molecule has 31 heavy (non-hydrogen) atoms. The molecule has 1 aromatic heterocycles. The maximum atomic E-state index is 12.6. The molecule has 0 atom stereocenters. The van der Waals surface area contributed by atoms with E-state index in [0.29, 0.717) is 11.1 Å². The van der Waals surface area contributed by atoms with Crippen molar-refractivity contribution in [3.63, 3.8) is 0 Å². The van der Waals surface area contributed by atoms with E-state index in [0.717, 1.165) is 15.7 Å². The molecule has 168 valence electrons. The Bertz CT molecular complexity index is 1100. The van der Waals surface area contributed by atoms with Gasteiger partial charge in [0, 0.05) is 35.6 Å². The predicted octanol–water partition coefficient (Wildman–Crippen LogP) is 2.94. The van der Waals surface area contributed by atoms with Crippen LogP contribution in [0.1, 0.15) is 58.9 Å². The van der Waals surface area contributed by atoms with E-state index in [9.17, 15) is 22.8 Å². The van der Waals surface area contributed by atoms with E-state index in [1.807, 2.05) is 32.3 Å². The summed E-state index contributed by atoms with van der Waals surface area (Å²) in [5.74, 6) is -1.36. The Morgan fingerprint density at radius 2 is 1.68 bits per heavy atom. The van der Waals surface area contributed by atoms with Gasteiger partial charge in [-0.2, -0.15) is 4.31 Å². The molecule has 1 heterocycles. The highest BCUT2D eigenvalue weighted by atomic mass is 32.2. The standard InChI is InChI=1S/C22H28N2O6S/c1-14(2)24-15(3)11-20(16(24)4)21(26)13-30-22(27)12-23(6)31(28,29)19-9-7-18(8-10-19)17(5)25/h7-11,14H,12-13H2,1-6H3. The van der Waals surface area contributed by atoms with E-state index in [1.165, 1.54) is 38.2 Å². The van der Waals surface area contributed by atoms with Gasteiger partial charge in [-0.3, -0.25) is 14.4 Å². The number of rotatable bonds is 9. The number of Topliss-reactive ketones (excluding diaryl/α,β-unsaturated/α-hetero) is 2. The van der Waals surface area contributed by atoms with Gasteiger partial charge in [0.2, 0.25) is 15.8 Å². The number of esters is 1. The molecular formula is C22H28N2O6S. The lowest BCUT2D eigenvalue weighted by Crippen LogP contribution is -2.33. The lowest BCUT2D eigenvalue weighted by Gasteiger charge is -2.16. The lowest BCUT2D eigenvalue weighted by molar-refractivity contribution is -0.142. The van der Waals surface area contributed by atoms with Crippen molar-refractivity contribution in [2.45, 2.75) is 45.6 Å². The van der Waals surface area contributed by atoms with E-state index in [4.69, 9.17) is 4.74 Å². The third-order valence-electron chi connectivity index (χ3n) is 4.99. The number of benzene rings is 1. The number of likely N-dealkylation sites (N-methyl/N-ethyl adjacent to an activating group) is 1. The minimum Gasteiger partial charge on any atom is -0.456 e. The zero-order valence-corrected chi connectivity index (χ0v) is 19.4. The Labute approximate surface area is 182 Å². The molecule has 0 N–H and O–H groups in total. The molecule has 0 unspecified atom stereocenters. The van der Waals surface area contributed by atoms with E-state index in [-0.39, 0.29) is 22.5 Å². The third kappa shape index (κ3) is 5.48. The van der Waals surface area contributed by atoms with Crippen molar-refractivity contribution in [3.8, 4) is 0 Å². The van der Waals surface area contributed by atoms with Gasteiger partial charge in [-0.15, -0.1) is 0 Å². The average Bonchev–Trinajstić information content (AvgIpc) is 3.00. The predicted molar refractivity (Wildman–Crippen MR) is 116 cm³/mol. The van der Waals surface area contributed by atoms with Crippen molar-refractivity contribution in [2.75, 3.05) is 20.2 Å². The molecule has 9 heteroatoms. The van der Waals surface area contributed by atoms with Gasteiger partial charge in [0.25, 0.3) is 0 Å². The van der Waals surface area contributed by atoms with Crippen molar-refractivity contribution < 1.29 is 27.5 Å². The number of hydrogen-bond acceptors (Lipinski definition) is 6. The Hall–Kier alpha value is -2.78. The van der Waals surface area contributed by atoms with Crippen LogP contribution < -0.4 is 0 Å². The van der Waals surface area contributed by atoms with Crippen molar-refractivity contribution >= 4 is 27.6 Å². The first-order valence-corrected chi connectivity index (χ1v) is 11.2. The van der Waals surface area contributed by atoms with Crippen LogP contribution in [0.4, 0.5) is 0 Å². The quantitative estimate of drug-likeness (QED) is 0.432. The van der Waals surface area contributed by atoms with Crippen LogP contribution in [-0.2, 0) is 19.6 Å². The second-order valence-electron chi connectivity index (χ2n) is 7.67. The molecule has 0 amide bonds. The van der Waals surface area contributed by atoms with Crippen LogP contribution in [0, 0.1) is 13.8 Å². The molecule has 0 spiro atoms. The van der Waals surface area contributed by atoms with E-state index in [1.54, 1.807) is 6.07 Å². The van der Waals surface area contributed by atoms with E-state index in [2.05, 4.69) is 0 Å². The molecule has 0 radical (unpaired) electrons. The number of carbonyl (C=O) groups excluding carboxylic acids is 3. The fraction of sp³-hybridized carbons (Fsp3) is 0.409. The molecule has 0 fully saturated rings. The summed E-state index contributed by atoms with van der Waals surface area (Å²) in [7, 11) is -2.71. The maximum Gasteiger partial charge on any atom is 0.321 e. The van der Waals surface area contributed by atoms with Crippen LogP contribution in [0.2, 0.25) is 0 Å². The molecule has 0 aliphatic rings. The Balaban J connectivity index is 2.01. The number of carbonyl (C=O) groups is 3. The van der Waals surface area contributed by atoms with Gasteiger partial charge >= 0.3 is 5.97 Å². The number of aryl methyl sites for hydroxylation is 1. The summed E-state index contributed by atoms with van der Waals surface area (Å²) in [6.07, 6.45) is 0. The normalized spacial score (nSPS) is 11.7. The molecule has 0 bridgehead atoms. The fourth-order valence-corrected chi connectivity index (χ4v) is 4.55. The molecule has 0 aliphatic carbocycles. The molecule has 8 nitrogen and oxygen atoms in total. The summed E-state index contributed by atoms with van der Waals surface area (Å²) < 4.78 is 33.1. The molecule has 2 aromatic rings. The van der Waals surface area contributed by atoms with Gasteiger partial charge < -0.3 is 9.30 Å². The highest BCUT2D eigenvalue weighted by Gasteiger charge is 2.25. The number of aromatic nitrogens is 1. The summed E-state index contributed by atoms with van der Waals surface area (Å²) in [5, 5.41) is 0. The summed E-state index contributed by atoms with van der Waals surface area (Å²) in [6, 6.07) is 7.38. The second-order valence-corrected chi connectivity index (χ2v) is 9.72. The topological polar surface area (TPSA) is 103 Å². The van der Waals surface area contributed by atoms with Gasteiger partial charge in [0.05, 0.1) is 4.90 Å². The smallest absolute Gasteiger partial charge is 0.321 e. The van der Waals surface area contributed by atoms with E-state index >= 15 is 0 Å². The number of nitrogens with zero attached hydrogens (tertiary/aromatic N) is 2. The van der Waals surface area contributed by atoms with Gasteiger partial charge in [0.15, 0.2) is 12.4 Å². The zero-order chi connectivity index (χ0) is 23.5. The SMILES string of the molecule is CC(=O)c1ccc(S(=O)(=O)N(C)CC(=O)OCC(=O)c2cc(C)n(C(C)C)c2C)cc1. The molecule has 1 aromatic carbocycles. The van der Waals surface area contributed by atoms with Gasteiger partial charge in [0.1, 0.15) is 6.54 Å². The maximum absolute atomic E-state index is 12.6. The summed E-state index contributed by atoms with van der Waals surface area (Å²) >= 11 is 0. The zero-order valence-electron chi connectivity index (χ0n) is 18.6. The van der Waals surface area contributed by atoms with Crippen LogP contribution in [0.15, 0.2) is 35.2 Å².